The predicted molar refractivity (Wildman–Crippen MR) is 78.2 cm³/mol. The second-order valence-electron chi connectivity index (χ2n) is 5.55. The number of rotatable bonds is 2. The van der Waals surface area contributed by atoms with Gasteiger partial charge in [-0.3, -0.25) is 4.90 Å². The van der Waals surface area contributed by atoms with Crippen LogP contribution in [0.4, 0.5) is 5.69 Å². The van der Waals surface area contributed by atoms with Crippen LogP contribution in [0.3, 0.4) is 0 Å². The molecule has 3 heteroatoms. The van der Waals surface area contributed by atoms with Gasteiger partial charge in [0.2, 0.25) is 0 Å². The van der Waals surface area contributed by atoms with Crippen molar-refractivity contribution in [2.24, 2.45) is 5.73 Å². The second-order valence-corrected chi connectivity index (χ2v) is 5.55. The van der Waals surface area contributed by atoms with E-state index in [1.165, 1.54) is 16.8 Å². The van der Waals surface area contributed by atoms with Crippen molar-refractivity contribution in [2.45, 2.75) is 32.9 Å². The molecule has 2 rings (SSSR count). The van der Waals surface area contributed by atoms with E-state index in [9.17, 15) is 0 Å². The lowest BCUT2D eigenvalue weighted by molar-refractivity contribution is 0.162. The Morgan fingerprint density at radius 1 is 1.22 bits per heavy atom. The number of para-hydroxylation sites is 1. The highest BCUT2D eigenvalue weighted by atomic mass is 15.3. The molecular weight excluding hydrogens is 222 g/mol. The summed E-state index contributed by atoms with van der Waals surface area (Å²) >= 11 is 0. The molecule has 1 aromatic rings. The van der Waals surface area contributed by atoms with Crippen molar-refractivity contribution >= 4 is 5.69 Å². The van der Waals surface area contributed by atoms with E-state index in [0.29, 0.717) is 12.1 Å². The molecule has 1 aliphatic rings. The first-order valence-corrected chi connectivity index (χ1v) is 6.77. The van der Waals surface area contributed by atoms with Gasteiger partial charge >= 0.3 is 0 Å². The number of aryl methyl sites for hydroxylation is 2. The van der Waals surface area contributed by atoms with E-state index in [4.69, 9.17) is 5.73 Å². The number of likely N-dealkylation sites (N-methyl/N-ethyl adjacent to an activating group) is 1. The van der Waals surface area contributed by atoms with E-state index in [1.807, 2.05) is 0 Å². The van der Waals surface area contributed by atoms with Crippen molar-refractivity contribution in [2.75, 3.05) is 31.6 Å². The molecule has 0 aliphatic carbocycles. The average Bonchev–Trinajstić information content (AvgIpc) is 2.33. The van der Waals surface area contributed by atoms with E-state index in [1.54, 1.807) is 0 Å². The van der Waals surface area contributed by atoms with E-state index < -0.39 is 0 Å². The standard InChI is InChI=1S/C15H25N3/c1-11-6-5-7-12(2)15(11)18-9-13(3)17(4)14(8-16)10-18/h5-7,13-14H,8-10,16H2,1-4H3. The fourth-order valence-corrected chi connectivity index (χ4v) is 2.99. The van der Waals surface area contributed by atoms with E-state index in [2.05, 4.69) is 55.8 Å². The van der Waals surface area contributed by atoms with Crippen molar-refractivity contribution < 1.29 is 0 Å². The van der Waals surface area contributed by atoms with Gasteiger partial charge in [0.05, 0.1) is 0 Å². The number of nitrogens with two attached hydrogens (primary N) is 1. The quantitative estimate of drug-likeness (QED) is 0.864. The monoisotopic (exact) mass is 247 g/mol. The summed E-state index contributed by atoms with van der Waals surface area (Å²) in [5.41, 5.74) is 10.0. The molecule has 0 saturated carbocycles. The molecule has 2 atom stereocenters. The molecule has 1 heterocycles. The third-order valence-corrected chi connectivity index (χ3v) is 4.21. The molecule has 0 amide bonds. The Morgan fingerprint density at radius 2 is 1.83 bits per heavy atom. The molecule has 1 aliphatic heterocycles. The Labute approximate surface area is 111 Å². The van der Waals surface area contributed by atoms with Gasteiger partial charge in [-0.05, 0) is 38.9 Å². The van der Waals surface area contributed by atoms with Crippen LogP contribution in [0, 0.1) is 13.8 Å². The van der Waals surface area contributed by atoms with Crippen molar-refractivity contribution in [3.8, 4) is 0 Å². The van der Waals surface area contributed by atoms with Crippen LogP contribution in [0.5, 0.6) is 0 Å². The maximum absolute atomic E-state index is 5.90. The first kappa shape index (κ1) is 13.4. The molecule has 1 aromatic carbocycles. The molecule has 2 unspecified atom stereocenters. The molecule has 1 fully saturated rings. The van der Waals surface area contributed by atoms with Gasteiger partial charge in [-0.15, -0.1) is 0 Å². The summed E-state index contributed by atoms with van der Waals surface area (Å²) in [6.07, 6.45) is 0. The zero-order valence-electron chi connectivity index (χ0n) is 12.0. The molecule has 100 valence electrons. The van der Waals surface area contributed by atoms with Gasteiger partial charge in [0.1, 0.15) is 0 Å². The fraction of sp³-hybridized carbons (Fsp3) is 0.600. The highest BCUT2D eigenvalue weighted by Gasteiger charge is 2.29. The minimum atomic E-state index is 0.452. The van der Waals surface area contributed by atoms with Gasteiger partial charge in [-0.2, -0.15) is 0 Å². The zero-order chi connectivity index (χ0) is 13.3. The average molecular weight is 247 g/mol. The number of nitrogens with zero attached hydrogens (tertiary/aromatic N) is 2. The smallest absolute Gasteiger partial charge is 0.0426 e. The minimum absolute atomic E-state index is 0.452. The van der Waals surface area contributed by atoms with Crippen LogP contribution >= 0.6 is 0 Å². The summed E-state index contributed by atoms with van der Waals surface area (Å²) in [5.74, 6) is 0. The number of hydrogen-bond donors (Lipinski definition) is 1. The van der Waals surface area contributed by atoms with Gasteiger partial charge in [0, 0.05) is 37.4 Å². The van der Waals surface area contributed by atoms with Crippen molar-refractivity contribution in [1.82, 2.24) is 4.90 Å². The third kappa shape index (κ3) is 2.38. The minimum Gasteiger partial charge on any atom is -0.368 e. The Hall–Kier alpha value is -1.06. The number of benzene rings is 1. The Balaban J connectivity index is 2.29. The number of hydrogen-bond acceptors (Lipinski definition) is 3. The lowest BCUT2D eigenvalue weighted by Gasteiger charge is -2.45. The normalized spacial score (nSPS) is 25.5. The van der Waals surface area contributed by atoms with Crippen molar-refractivity contribution in [3.63, 3.8) is 0 Å². The zero-order valence-corrected chi connectivity index (χ0v) is 12.0. The predicted octanol–water partition coefficient (Wildman–Crippen LogP) is 1.77. The van der Waals surface area contributed by atoms with Gasteiger partial charge in [-0.1, -0.05) is 18.2 Å². The summed E-state index contributed by atoms with van der Waals surface area (Å²) in [6, 6.07) is 7.53. The molecule has 0 radical (unpaired) electrons. The molecule has 0 aromatic heterocycles. The molecular formula is C15H25N3. The van der Waals surface area contributed by atoms with Crippen LogP contribution in [-0.2, 0) is 0 Å². The summed E-state index contributed by atoms with van der Waals surface area (Å²) in [4.78, 5) is 4.91. The highest BCUT2D eigenvalue weighted by molar-refractivity contribution is 5.59. The molecule has 1 saturated heterocycles. The largest absolute Gasteiger partial charge is 0.368 e. The molecule has 0 spiro atoms. The van der Waals surface area contributed by atoms with E-state index in [-0.39, 0.29) is 0 Å². The third-order valence-electron chi connectivity index (χ3n) is 4.21. The first-order chi connectivity index (χ1) is 8.54. The Kier molecular flexibility index (Phi) is 3.93. The van der Waals surface area contributed by atoms with Crippen LogP contribution in [-0.4, -0.2) is 43.7 Å². The SMILES string of the molecule is Cc1cccc(C)c1N1CC(C)N(C)C(CN)C1. The van der Waals surface area contributed by atoms with E-state index >= 15 is 0 Å². The lowest BCUT2D eigenvalue weighted by atomic mass is 10.0. The van der Waals surface area contributed by atoms with Crippen LogP contribution in [0.2, 0.25) is 0 Å². The Bertz CT molecular complexity index is 396. The van der Waals surface area contributed by atoms with Gasteiger partial charge in [-0.25, -0.2) is 0 Å². The van der Waals surface area contributed by atoms with Crippen LogP contribution in [0.25, 0.3) is 0 Å². The second kappa shape index (κ2) is 5.29. The molecule has 2 N–H and O–H groups in total. The maximum atomic E-state index is 5.90. The van der Waals surface area contributed by atoms with Crippen molar-refractivity contribution in [1.29, 1.82) is 0 Å². The maximum Gasteiger partial charge on any atom is 0.0426 e. The molecule has 18 heavy (non-hydrogen) atoms. The highest BCUT2D eigenvalue weighted by Crippen LogP contribution is 2.27. The fourth-order valence-electron chi connectivity index (χ4n) is 2.99. The summed E-state index contributed by atoms with van der Waals surface area (Å²) in [6.45, 7) is 9.51. The lowest BCUT2D eigenvalue weighted by Crippen LogP contribution is -2.58. The van der Waals surface area contributed by atoms with E-state index in [0.717, 1.165) is 19.6 Å². The summed E-state index contributed by atoms with van der Waals surface area (Å²) < 4.78 is 0. The Morgan fingerprint density at radius 3 is 2.39 bits per heavy atom. The molecule has 3 nitrogen and oxygen atoms in total. The summed E-state index contributed by atoms with van der Waals surface area (Å²) in [5, 5.41) is 0. The first-order valence-electron chi connectivity index (χ1n) is 6.77. The number of anilines is 1. The molecule has 0 bridgehead atoms. The van der Waals surface area contributed by atoms with Gasteiger partial charge in [0.15, 0.2) is 0 Å². The van der Waals surface area contributed by atoms with Crippen LogP contribution in [0.1, 0.15) is 18.1 Å². The van der Waals surface area contributed by atoms with Crippen LogP contribution in [0.15, 0.2) is 18.2 Å². The van der Waals surface area contributed by atoms with Crippen molar-refractivity contribution in [3.05, 3.63) is 29.3 Å². The summed E-state index contributed by atoms with van der Waals surface area (Å²) in [7, 11) is 2.18. The van der Waals surface area contributed by atoms with Gasteiger partial charge in [0.25, 0.3) is 0 Å². The number of piperazine rings is 1. The van der Waals surface area contributed by atoms with Crippen LogP contribution < -0.4 is 10.6 Å². The van der Waals surface area contributed by atoms with Gasteiger partial charge < -0.3 is 10.6 Å². The topological polar surface area (TPSA) is 32.5 Å².